The zero-order valence-corrected chi connectivity index (χ0v) is 9.79. The fourth-order valence-corrected chi connectivity index (χ4v) is 2.33. The topological polar surface area (TPSA) is 34.1 Å². The van der Waals surface area contributed by atoms with Crippen LogP contribution in [0.2, 0.25) is 0 Å². The highest BCUT2D eigenvalue weighted by molar-refractivity contribution is 5.54. The fourth-order valence-electron chi connectivity index (χ4n) is 2.33. The van der Waals surface area contributed by atoms with E-state index < -0.39 is 0 Å². The smallest absolute Gasteiger partial charge is 0.213 e. The van der Waals surface area contributed by atoms with E-state index in [-0.39, 0.29) is 5.54 Å². The maximum Gasteiger partial charge on any atom is 0.213 e. The van der Waals surface area contributed by atoms with Gasteiger partial charge in [-0.3, -0.25) is 0 Å². The molecule has 0 aromatic carbocycles. The number of nitrogens with one attached hydrogen (secondary N) is 1. The van der Waals surface area contributed by atoms with Gasteiger partial charge in [0.05, 0.1) is 18.5 Å². The molecule has 0 spiro atoms. The van der Waals surface area contributed by atoms with Crippen molar-refractivity contribution in [3.05, 3.63) is 17.8 Å². The average Bonchev–Trinajstić information content (AvgIpc) is 2.15. The van der Waals surface area contributed by atoms with Gasteiger partial charge in [0.25, 0.3) is 0 Å². The highest BCUT2D eigenvalue weighted by atomic mass is 16.5. The molecule has 1 N–H and O–H groups in total. The maximum atomic E-state index is 5.14. The Morgan fingerprint density at radius 1 is 1.47 bits per heavy atom. The molecule has 3 heteroatoms. The number of ether oxygens (including phenoxy) is 1. The van der Waals surface area contributed by atoms with E-state index in [4.69, 9.17) is 4.74 Å². The Kier molecular flexibility index (Phi) is 2.33. The lowest BCUT2D eigenvalue weighted by molar-refractivity contribution is 0.388. The molecule has 2 heterocycles. The molecular weight excluding hydrogens is 188 g/mol. The van der Waals surface area contributed by atoms with Gasteiger partial charge in [-0.25, -0.2) is 4.98 Å². The second-order valence-electron chi connectivity index (χ2n) is 4.90. The third kappa shape index (κ3) is 1.91. The van der Waals surface area contributed by atoms with Gasteiger partial charge in [0.2, 0.25) is 5.88 Å². The van der Waals surface area contributed by atoms with Crippen molar-refractivity contribution in [3.8, 4) is 5.88 Å². The van der Waals surface area contributed by atoms with Gasteiger partial charge in [0.15, 0.2) is 0 Å². The van der Waals surface area contributed by atoms with Crippen LogP contribution in [0.4, 0.5) is 5.69 Å². The molecule has 1 aromatic rings. The Morgan fingerprint density at radius 2 is 2.20 bits per heavy atom. The summed E-state index contributed by atoms with van der Waals surface area (Å²) in [5.41, 5.74) is 2.41. The molecule has 1 aromatic heterocycles. The van der Waals surface area contributed by atoms with Crippen molar-refractivity contribution in [2.24, 2.45) is 0 Å². The van der Waals surface area contributed by atoms with E-state index >= 15 is 0 Å². The highest BCUT2D eigenvalue weighted by Gasteiger charge is 2.30. The van der Waals surface area contributed by atoms with Crippen LogP contribution < -0.4 is 10.1 Å². The zero-order valence-electron chi connectivity index (χ0n) is 9.79. The summed E-state index contributed by atoms with van der Waals surface area (Å²) in [5, 5.41) is 3.50. The summed E-state index contributed by atoms with van der Waals surface area (Å²) in [4.78, 5) is 4.49. The molecule has 0 saturated heterocycles. The highest BCUT2D eigenvalue weighted by Crippen LogP contribution is 2.37. The first kappa shape index (κ1) is 10.3. The first-order valence-corrected chi connectivity index (χ1v) is 5.35. The first-order valence-electron chi connectivity index (χ1n) is 5.35. The van der Waals surface area contributed by atoms with E-state index in [0.29, 0.717) is 11.8 Å². The van der Waals surface area contributed by atoms with Gasteiger partial charge in [0.1, 0.15) is 0 Å². The van der Waals surface area contributed by atoms with E-state index in [1.54, 1.807) is 7.11 Å². The van der Waals surface area contributed by atoms with Crippen LogP contribution in [0.25, 0.3) is 0 Å². The van der Waals surface area contributed by atoms with Crippen molar-refractivity contribution < 1.29 is 4.74 Å². The van der Waals surface area contributed by atoms with E-state index in [9.17, 15) is 0 Å². The molecule has 0 bridgehead atoms. The van der Waals surface area contributed by atoms with E-state index in [1.165, 1.54) is 0 Å². The molecule has 0 fully saturated rings. The number of hydrogen-bond donors (Lipinski definition) is 1. The minimum Gasteiger partial charge on any atom is -0.481 e. The van der Waals surface area contributed by atoms with Crippen LogP contribution in [-0.4, -0.2) is 17.6 Å². The number of hydrogen-bond acceptors (Lipinski definition) is 3. The predicted octanol–water partition coefficient (Wildman–Crippen LogP) is 2.79. The van der Waals surface area contributed by atoms with Crippen LogP contribution in [0.3, 0.4) is 0 Å². The number of pyridine rings is 1. The second-order valence-corrected chi connectivity index (χ2v) is 4.90. The van der Waals surface area contributed by atoms with Crippen molar-refractivity contribution in [1.82, 2.24) is 4.98 Å². The van der Waals surface area contributed by atoms with Crippen LogP contribution in [0, 0.1) is 0 Å². The predicted molar refractivity (Wildman–Crippen MR) is 61.5 cm³/mol. The average molecular weight is 206 g/mol. The molecule has 15 heavy (non-hydrogen) atoms. The molecule has 2 rings (SSSR count). The van der Waals surface area contributed by atoms with Crippen LogP contribution in [0.1, 0.15) is 38.8 Å². The summed E-state index contributed by atoms with van der Waals surface area (Å²) in [6.07, 6.45) is 1.10. The van der Waals surface area contributed by atoms with Crippen LogP contribution in [-0.2, 0) is 0 Å². The molecule has 0 saturated carbocycles. The number of methoxy groups -OCH3 is 1. The Hall–Kier alpha value is -1.25. The molecule has 0 radical (unpaired) electrons. The number of nitrogens with zero attached hydrogens (tertiary/aromatic N) is 1. The van der Waals surface area contributed by atoms with Gasteiger partial charge in [-0.2, -0.15) is 0 Å². The van der Waals surface area contributed by atoms with E-state index in [2.05, 4.69) is 37.1 Å². The normalized spacial score (nSPS) is 22.8. The van der Waals surface area contributed by atoms with Gasteiger partial charge in [0, 0.05) is 17.5 Å². The Labute approximate surface area is 90.9 Å². The SMILES string of the molecule is COc1ccc2c(n1)C(C)CC(C)(C)N2. The monoisotopic (exact) mass is 206 g/mol. The number of rotatable bonds is 1. The van der Waals surface area contributed by atoms with E-state index in [1.807, 2.05) is 6.07 Å². The lowest BCUT2D eigenvalue weighted by Crippen LogP contribution is -2.37. The molecule has 82 valence electrons. The third-order valence-corrected chi connectivity index (χ3v) is 2.86. The number of fused-ring (bicyclic) bond motifs is 1. The molecule has 1 atom stereocenters. The van der Waals surface area contributed by atoms with Crippen LogP contribution in [0.15, 0.2) is 12.1 Å². The zero-order chi connectivity index (χ0) is 11.1. The minimum atomic E-state index is 0.155. The largest absolute Gasteiger partial charge is 0.481 e. The standard InChI is InChI=1S/C12H18N2O/c1-8-7-12(2,3)14-9-5-6-10(15-4)13-11(8)9/h5-6,8,14H,7H2,1-4H3. The molecule has 0 aliphatic carbocycles. The second kappa shape index (κ2) is 3.40. The van der Waals surface area contributed by atoms with E-state index in [0.717, 1.165) is 17.8 Å². The van der Waals surface area contributed by atoms with Gasteiger partial charge in [-0.05, 0) is 26.3 Å². The molecule has 1 aliphatic heterocycles. The van der Waals surface area contributed by atoms with Gasteiger partial charge < -0.3 is 10.1 Å². The molecule has 1 unspecified atom stereocenters. The Balaban J connectivity index is 2.41. The first-order chi connectivity index (χ1) is 7.02. The van der Waals surface area contributed by atoms with Crippen molar-refractivity contribution >= 4 is 5.69 Å². The summed E-state index contributed by atoms with van der Waals surface area (Å²) < 4.78 is 5.14. The van der Waals surface area contributed by atoms with Crippen molar-refractivity contribution in [3.63, 3.8) is 0 Å². The lowest BCUT2D eigenvalue weighted by atomic mass is 9.85. The quantitative estimate of drug-likeness (QED) is 0.767. The minimum absolute atomic E-state index is 0.155. The van der Waals surface area contributed by atoms with Gasteiger partial charge in [-0.1, -0.05) is 6.92 Å². The molecule has 0 amide bonds. The van der Waals surface area contributed by atoms with Crippen LogP contribution >= 0.6 is 0 Å². The summed E-state index contributed by atoms with van der Waals surface area (Å²) in [6, 6.07) is 3.96. The fraction of sp³-hybridized carbons (Fsp3) is 0.583. The van der Waals surface area contributed by atoms with Gasteiger partial charge >= 0.3 is 0 Å². The maximum absolute atomic E-state index is 5.14. The van der Waals surface area contributed by atoms with Crippen molar-refractivity contribution in [2.75, 3.05) is 12.4 Å². The Morgan fingerprint density at radius 3 is 2.87 bits per heavy atom. The molecule has 3 nitrogen and oxygen atoms in total. The molecule has 1 aliphatic rings. The number of anilines is 1. The summed E-state index contributed by atoms with van der Waals surface area (Å²) in [5.74, 6) is 1.17. The summed E-state index contributed by atoms with van der Waals surface area (Å²) in [6.45, 7) is 6.65. The molecular formula is C12H18N2O. The summed E-state index contributed by atoms with van der Waals surface area (Å²) >= 11 is 0. The third-order valence-electron chi connectivity index (χ3n) is 2.86. The Bertz CT molecular complexity index is 374. The number of aromatic nitrogens is 1. The van der Waals surface area contributed by atoms with Crippen molar-refractivity contribution in [1.29, 1.82) is 0 Å². The van der Waals surface area contributed by atoms with Gasteiger partial charge in [-0.15, -0.1) is 0 Å². The summed E-state index contributed by atoms with van der Waals surface area (Å²) in [7, 11) is 1.65. The van der Waals surface area contributed by atoms with Crippen LogP contribution in [0.5, 0.6) is 5.88 Å². The lowest BCUT2D eigenvalue weighted by Gasteiger charge is -2.36. The van der Waals surface area contributed by atoms with Crippen molar-refractivity contribution in [2.45, 2.75) is 38.6 Å².